The summed E-state index contributed by atoms with van der Waals surface area (Å²) in [6.07, 6.45) is 0. The van der Waals surface area contributed by atoms with Crippen molar-refractivity contribution < 1.29 is 34.8 Å². The summed E-state index contributed by atoms with van der Waals surface area (Å²) in [5.74, 6) is 0. The van der Waals surface area contributed by atoms with Gasteiger partial charge in [-0.3, -0.25) is 0 Å². The second-order valence-electron chi connectivity index (χ2n) is 0.346. The first-order valence-electron chi connectivity index (χ1n) is 0.775. The van der Waals surface area contributed by atoms with Crippen LogP contribution in [0.2, 0.25) is 0 Å². The first-order chi connectivity index (χ1) is 1.73. The molecule has 0 atom stereocenters. The van der Waals surface area contributed by atoms with Gasteiger partial charge in [0.1, 0.15) is 0 Å². The molecule has 28 valence electrons. The van der Waals surface area contributed by atoms with Crippen molar-refractivity contribution in [1.82, 2.24) is 0 Å². The molecule has 4 heteroatoms. The normalized spacial score (nSPS) is 7.20. The topological polar surface area (TPSA) is 60.7 Å². The van der Waals surface area contributed by atoms with Crippen molar-refractivity contribution >= 4 is 0 Å². The first-order valence-corrected chi connectivity index (χ1v) is 0.775. The Kier molecular flexibility index (Phi) is 8.19. The molecule has 0 spiro atoms. The van der Waals surface area contributed by atoms with Crippen molar-refractivity contribution in [2.45, 2.75) is 6.48 Å². The molecule has 0 aromatic heterocycles. The van der Waals surface area contributed by atoms with Crippen LogP contribution in [0.3, 0.4) is 0 Å². The Balaban J connectivity index is 0. The summed E-state index contributed by atoms with van der Waals surface area (Å²) in [6.45, 7) is -2.17. The second-order valence-corrected chi connectivity index (χ2v) is 0.346. The molecule has 0 heterocycles. The molecule has 0 aromatic rings. The quantitative estimate of drug-likeness (QED) is 0.268. The van der Waals surface area contributed by atoms with E-state index in [2.05, 4.69) is 0 Å². The van der Waals surface area contributed by atoms with Crippen LogP contribution < -0.4 is 0 Å². The fourth-order valence-electron chi connectivity index (χ4n) is 0. The summed E-state index contributed by atoms with van der Waals surface area (Å²) in [6, 6.07) is 0. The second kappa shape index (κ2) is 4.50. The third kappa shape index (κ3) is 111. The molecule has 0 bridgehead atoms. The maximum atomic E-state index is 7.17. The summed E-state index contributed by atoms with van der Waals surface area (Å²) >= 11 is 0. The maximum Gasteiger partial charge on any atom is 0.263 e. The Morgan fingerprint density at radius 2 is 1.00 bits per heavy atom. The maximum absolute atomic E-state index is 7.17. The minimum absolute atomic E-state index is 0. The van der Waals surface area contributed by atoms with Crippen molar-refractivity contribution in [3.63, 3.8) is 0 Å². The van der Waals surface area contributed by atoms with Crippen LogP contribution in [0.4, 0.5) is 0 Å². The van der Waals surface area contributed by atoms with Crippen molar-refractivity contribution in [2.24, 2.45) is 0 Å². The molecule has 0 unspecified atom stereocenters. The third-order valence-electron chi connectivity index (χ3n) is 0. The molecular weight excluding hydrogens is 125 g/mol. The molecule has 3 nitrogen and oxygen atoms in total. The third-order valence-corrected chi connectivity index (χ3v) is 0. The van der Waals surface area contributed by atoms with Crippen molar-refractivity contribution in [3.05, 3.63) is 0 Å². The molecule has 0 aliphatic carbocycles. The van der Waals surface area contributed by atoms with E-state index in [-0.39, 0.29) is 19.5 Å². The van der Waals surface area contributed by atoms with E-state index in [1.165, 1.54) is 0 Å². The first kappa shape index (κ1) is 9.09. The number of rotatable bonds is 0. The molecule has 0 radical (unpaired) electrons. The van der Waals surface area contributed by atoms with E-state index in [0.29, 0.717) is 0 Å². The van der Waals surface area contributed by atoms with Gasteiger partial charge in [-0.25, -0.2) is 0 Å². The van der Waals surface area contributed by atoms with E-state index in [1.54, 1.807) is 0 Å². The van der Waals surface area contributed by atoms with Gasteiger partial charge in [-0.15, -0.1) is 0 Å². The molecule has 0 saturated carbocycles. The van der Waals surface area contributed by atoms with Gasteiger partial charge in [0.15, 0.2) is 0 Å². The Labute approximate surface area is 42.0 Å². The van der Waals surface area contributed by atoms with Gasteiger partial charge in [-0.1, -0.05) is 0 Å². The number of aliphatic hydroxyl groups excluding tert-OH is 1. The number of aliphatic hydroxyl groups is 3. The SMILES string of the molecule is OC(O)O.[Zn]. The van der Waals surface area contributed by atoms with E-state index in [0.717, 1.165) is 0 Å². The average Bonchev–Trinajstić information content (AvgIpc) is 0.811. The van der Waals surface area contributed by atoms with E-state index in [9.17, 15) is 0 Å². The zero-order valence-corrected chi connectivity index (χ0v) is 5.59. The van der Waals surface area contributed by atoms with Crippen LogP contribution in [0.15, 0.2) is 0 Å². The molecule has 0 saturated heterocycles. The molecule has 0 rings (SSSR count). The summed E-state index contributed by atoms with van der Waals surface area (Å²) in [5, 5.41) is 21.5. The molecule has 0 aliphatic heterocycles. The number of hydrogen-bond donors (Lipinski definition) is 3. The van der Waals surface area contributed by atoms with E-state index >= 15 is 0 Å². The van der Waals surface area contributed by atoms with Gasteiger partial charge in [-0.2, -0.15) is 0 Å². The zero-order chi connectivity index (χ0) is 3.58. The van der Waals surface area contributed by atoms with Crippen molar-refractivity contribution in [1.29, 1.82) is 0 Å². The predicted octanol–water partition coefficient (Wildman–Crippen LogP) is -1.76. The van der Waals surface area contributed by atoms with Gasteiger partial charge in [-0.05, 0) is 0 Å². The van der Waals surface area contributed by atoms with Crippen LogP contribution >= 0.6 is 0 Å². The van der Waals surface area contributed by atoms with Gasteiger partial charge in [0.25, 0.3) is 6.48 Å². The molecule has 5 heavy (non-hydrogen) atoms. The molecule has 3 N–H and O–H groups in total. The Morgan fingerprint density at radius 3 is 1.00 bits per heavy atom. The van der Waals surface area contributed by atoms with Crippen LogP contribution in [0.25, 0.3) is 0 Å². The van der Waals surface area contributed by atoms with Gasteiger partial charge in [0, 0.05) is 19.5 Å². The van der Waals surface area contributed by atoms with Crippen molar-refractivity contribution in [3.8, 4) is 0 Å². The Hall–Kier alpha value is 0.503. The summed E-state index contributed by atoms with van der Waals surface area (Å²) in [4.78, 5) is 0. The number of hydrogen-bond acceptors (Lipinski definition) is 3. The molecule has 0 fully saturated rings. The standard InChI is InChI=1S/CH4O3.Zn/c2-1(3)4;/h1-4H;. The summed E-state index contributed by atoms with van der Waals surface area (Å²) < 4.78 is 0. The summed E-state index contributed by atoms with van der Waals surface area (Å²) in [5.41, 5.74) is 0. The predicted molar refractivity (Wildman–Crippen MR) is 10.4 cm³/mol. The fourth-order valence-corrected chi connectivity index (χ4v) is 0. The van der Waals surface area contributed by atoms with E-state index in [4.69, 9.17) is 15.3 Å². The largest absolute Gasteiger partial charge is 0.346 e. The van der Waals surface area contributed by atoms with Crippen LogP contribution in [-0.2, 0) is 19.5 Å². The Morgan fingerprint density at radius 1 is 1.00 bits per heavy atom. The van der Waals surface area contributed by atoms with Crippen LogP contribution in [0.5, 0.6) is 0 Å². The minimum Gasteiger partial charge on any atom is -0.346 e. The van der Waals surface area contributed by atoms with E-state index in [1.807, 2.05) is 0 Å². The molecule has 0 aliphatic rings. The van der Waals surface area contributed by atoms with Crippen molar-refractivity contribution in [2.75, 3.05) is 0 Å². The monoisotopic (exact) mass is 128 g/mol. The smallest absolute Gasteiger partial charge is 0.263 e. The van der Waals surface area contributed by atoms with Gasteiger partial charge in [0.2, 0.25) is 0 Å². The van der Waals surface area contributed by atoms with Crippen LogP contribution in [0.1, 0.15) is 0 Å². The average molecular weight is 129 g/mol. The van der Waals surface area contributed by atoms with Gasteiger partial charge < -0.3 is 15.3 Å². The van der Waals surface area contributed by atoms with Gasteiger partial charge >= 0.3 is 0 Å². The van der Waals surface area contributed by atoms with Crippen LogP contribution in [0, 0.1) is 0 Å². The molecule has 0 amide bonds. The zero-order valence-electron chi connectivity index (χ0n) is 2.63. The summed E-state index contributed by atoms with van der Waals surface area (Å²) in [7, 11) is 0. The molecule has 0 aromatic carbocycles. The Bertz CT molecular complexity index is 11.6. The molecular formula is CH4O3Zn. The minimum atomic E-state index is -2.17. The van der Waals surface area contributed by atoms with Crippen LogP contribution in [-0.4, -0.2) is 21.8 Å². The van der Waals surface area contributed by atoms with E-state index < -0.39 is 6.48 Å². The fraction of sp³-hybridized carbons (Fsp3) is 1.00. The van der Waals surface area contributed by atoms with Gasteiger partial charge in [0.05, 0.1) is 0 Å².